The van der Waals surface area contributed by atoms with Gasteiger partial charge in [-0.2, -0.15) is 4.52 Å². The maximum Gasteiger partial charge on any atom is 0.230 e. The fourth-order valence-corrected chi connectivity index (χ4v) is 4.39. The van der Waals surface area contributed by atoms with Crippen molar-refractivity contribution in [3.8, 4) is 5.88 Å². The van der Waals surface area contributed by atoms with Crippen LogP contribution in [0.25, 0.3) is 4.96 Å². The minimum absolute atomic E-state index is 0.110. The molecule has 4 rings (SSSR count). The molecule has 1 atom stereocenters. The highest BCUT2D eigenvalue weighted by Gasteiger charge is 2.33. The number of aromatic nitrogens is 3. The zero-order valence-corrected chi connectivity index (χ0v) is 15.6. The first-order valence-corrected chi connectivity index (χ1v) is 9.44. The molecule has 1 saturated heterocycles. The van der Waals surface area contributed by atoms with Crippen LogP contribution in [0.2, 0.25) is 0 Å². The summed E-state index contributed by atoms with van der Waals surface area (Å²) in [5.74, 6) is 2.65. The number of furan rings is 1. The Morgan fingerprint density at radius 3 is 2.64 bits per heavy atom. The summed E-state index contributed by atoms with van der Waals surface area (Å²) in [7, 11) is 2.14. The molecular weight excluding hydrogens is 338 g/mol. The lowest BCUT2D eigenvalue weighted by Gasteiger charge is -2.36. The van der Waals surface area contributed by atoms with Crippen LogP contribution in [-0.4, -0.2) is 62.7 Å². The van der Waals surface area contributed by atoms with E-state index in [-0.39, 0.29) is 11.9 Å². The van der Waals surface area contributed by atoms with Gasteiger partial charge in [-0.25, -0.2) is 4.98 Å². The van der Waals surface area contributed by atoms with E-state index >= 15 is 0 Å². The number of piperazine rings is 1. The molecule has 134 valence electrons. The first-order valence-electron chi connectivity index (χ1n) is 8.63. The predicted molar refractivity (Wildman–Crippen MR) is 96.3 cm³/mol. The molecule has 0 radical (unpaired) electrons. The topological polar surface area (TPSA) is 70.0 Å². The van der Waals surface area contributed by atoms with Crippen LogP contribution in [0.5, 0.6) is 5.88 Å². The van der Waals surface area contributed by atoms with Gasteiger partial charge in [0.05, 0.1) is 4.88 Å². The highest BCUT2D eigenvalue weighted by molar-refractivity contribution is 7.17. The second-order valence-corrected chi connectivity index (χ2v) is 7.57. The van der Waals surface area contributed by atoms with Crippen LogP contribution in [0.1, 0.15) is 35.2 Å². The van der Waals surface area contributed by atoms with Gasteiger partial charge in [0.1, 0.15) is 17.6 Å². The minimum atomic E-state index is -0.110. The van der Waals surface area contributed by atoms with Crippen LogP contribution in [0.15, 0.2) is 16.5 Å². The van der Waals surface area contributed by atoms with E-state index in [9.17, 15) is 5.11 Å². The van der Waals surface area contributed by atoms with Crippen LogP contribution in [0.4, 0.5) is 0 Å². The number of rotatable bonds is 4. The van der Waals surface area contributed by atoms with Gasteiger partial charge in [0.15, 0.2) is 5.82 Å². The molecule has 1 unspecified atom stereocenters. The van der Waals surface area contributed by atoms with Crippen molar-refractivity contribution in [1.29, 1.82) is 0 Å². The summed E-state index contributed by atoms with van der Waals surface area (Å²) in [5, 5.41) is 15.2. The molecule has 0 aromatic carbocycles. The zero-order chi connectivity index (χ0) is 17.6. The lowest BCUT2D eigenvalue weighted by Crippen LogP contribution is -2.46. The Balaban J connectivity index is 1.77. The Morgan fingerprint density at radius 1 is 1.28 bits per heavy atom. The third-order valence-corrected chi connectivity index (χ3v) is 5.81. The minimum Gasteiger partial charge on any atom is -0.492 e. The Kier molecular flexibility index (Phi) is 4.26. The van der Waals surface area contributed by atoms with Crippen molar-refractivity contribution in [2.45, 2.75) is 26.3 Å². The number of thiazole rings is 1. The monoisotopic (exact) mass is 361 g/mol. The number of aryl methyl sites for hydroxylation is 2. The van der Waals surface area contributed by atoms with Crippen LogP contribution >= 0.6 is 11.3 Å². The molecule has 1 aliphatic rings. The quantitative estimate of drug-likeness (QED) is 0.769. The Hall–Kier alpha value is -1.90. The Morgan fingerprint density at radius 2 is 2.04 bits per heavy atom. The van der Waals surface area contributed by atoms with Gasteiger partial charge in [-0.1, -0.05) is 18.3 Å². The van der Waals surface area contributed by atoms with E-state index in [0.29, 0.717) is 0 Å². The summed E-state index contributed by atoms with van der Waals surface area (Å²) in [4.78, 5) is 10.8. The molecule has 0 aliphatic carbocycles. The molecule has 1 fully saturated rings. The van der Waals surface area contributed by atoms with Gasteiger partial charge < -0.3 is 14.4 Å². The lowest BCUT2D eigenvalue weighted by molar-refractivity contribution is 0.117. The predicted octanol–water partition coefficient (Wildman–Crippen LogP) is 2.30. The summed E-state index contributed by atoms with van der Waals surface area (Å²) in [5.41, 5.74) is 0. The van der Waals surface area contributed by atoms with E-state index in [4.69, 9.17) is 4.42 Å². The molecule has 3 aromatic heterocycles. The smallest absolute Gasteiger partial charge is 0.230 e. The summed E-state index contributed by atoms with van der Waals surface area (Å²) in [6.07, 6.45) is 0.752. The normalized spacial score (nSPS) is 18.2. The van der Waals surface area contributed by atoms with Crippen molar-refractivity contribution in [2.75, 3.05) is 33.2 Å². The van der Waals surface area contributed by atoms with Gasteiger partial charge in [0, 0.05) is 32.6 Å². The Labute approximate surface area is 150 Å². The van der Waals surface area contributed by atoms with E-state index in [2.05, 4.69) is 26.9 Å². The van der Waals surface area contributed by atoms with Gasteiger partial charge in [-0.05, 0) is 26.1 Å². The zero-order valence-electron chi connectivity index (χ0n) is 14.8. The largest absolute Gasteiger partial charge is 0.492 e. The summed E-state index contributed by atoms with van der Waals surface area (Å²) < 4.78 is 7.50. The molecule has 8 heteroatoms. The molecule has 0 bridgehead atoms. The van der Waals surface area contributed by atoms with Gasteiger partial charge in [0.2, 0.25) is 10.8 Å². The third-order valence-electron chi connectivity index (χ3n) is 4.74. The number of aromatic hydroxyl groups is 1. The third kappa shape index (κ3) is 2.94. The molecule has 25 heavy (non-hydrogen) atoms. The molecule has 1 N–H and O–H groups in total. The van der Waals surface area contributed by atoms with Gasteiger partial charge in [0.25, 0.3) is 0 Å². The second kappa shape index (κ2) is 6.44. The SMILES string of the molecule is CCc1nc2sc(C(c3ccc(C)o3)N3CCN(C)CC3)c(O)n2n1. The first-order chi connectivity index (χ1) is 12.1. The van der Waals surface area contributed by atoms with Crippen molar-refractivity contribution in [3.63, 3.8) is 0 Å². The van der Waals surface area contributed by atoms with Gasteiger partial charge in [-0.15, -0.1) is 5.10 Å². The fourth-order valence-electron chi connectivity index (χ4n) is 3.27. The van der Waals surface area contributed by atoms with Gasteiger partial charge in [-0.3, -0.25) is 4.90 Å². The highest BCUT2D eigenvalue weighted by atomic mass is 32.1. The molecule has 0 saturated carbocycles. The van der Waals surface area contributed by atoms with Crippen LogP contribution < -0.4 is 0 Å². The number of nitrogens with zero attached hydrogens (tertiary/aromatic N) is 5. The standard InChI is InChI=1S/C17H23N5O2S/c1-4-13-18-17-22(19-13)16(23)15(25-17)14(12-6-5-11(2)24-12)21-9-7-20(3)8-10-21/h5-6,14,23H,4,7-10H2,1-3H3. The molecule has 1 aliphatic heterocycles. The van der Waals surface area contributed by atoms with Crippen molar-refractivity contribution < 1.29 is 9.52 Å². The number of hydrogen-bond donors (Lipinski definition) is 1. The fraction of sp³-hybridized carbons (Fsp3) is 0.529. The van der Waals surface area contributed by atoms with Crippen molar-refractivity contribution >= 4 is 16.3 Å². The molecule has 0 amide bonds. The number of likely N-dealkylation sites (N-methyl/N-ethyl adjacent to an activating group) is 1. The van der Waals surface area contributed by atoms with E-state index < -0.39 is 0 Å². The summed E-state index contributed by atoms with van der Waals surface area (Å²) in [6.45, 7) is 7.80. The van der Waals surface area contributed by atoms with Crippen molar-refractivity contribution in [1.82, 2.24) is 24.4 Å². The molecule has 4 heterocycles. The lowest BCUT2D eigenvalue weighted by atomic mass is 10.1. The van der Waals surface area contributed by atoms with E-state index in [1.54, 1.807) is 4.52 Å². The van der Waals surface area contributed by atoms with Crippen LogP contribution in [0, 0.1) is 6.92 Å². The number of hydrogen-bond acceptors (Lipinski definition) is 7. The molecule has 3 aromatic rings. The average Bonchev–Trinajstić information content (AvgIpc) is 3.28. The van der Waals surface area contributed by atoms with Gasteiger partial charge >= 0.3 is 0 Å². The van der Waals surface area contributed by atoms with Crippen molar-refractivity contribution in [3.05, 3.63) is 34.4 Å². The average molecular weight is 361 g/mol. The summed E-state index contributed by atoms with van der Waals surface area (Å²) in [6, 6.07) is 3.87. The van der Waals surface area contributed by atoms with Crippen LogP contribution in [-0.2, 0) is 6.42 Å². The van der Waals surface area contributed by atoms with E-state index in [1.165, 1.54) is 11.3 Å². The maximum atomic E-state index is 10.8. The Bertz CT molecular complexity index is 875. The number of fused-ring (bicyclic) bond motifs is 1. The molecule has 0 spiro atoms. The summed E-state index contributed by atoms with van der Waals surface area (Å²) >= 11 is 1.49. The van der Waals surface area contributed by atoms with E-state index in [1.807, 2.05) is 26.0 Å². The molecular formula is C17H23N5O2S. The van der Waals surface area contributed by atoms with Crippen LogP contribution in [0.3, 0.4) is 0 Å². The van der Waals surface area contributed by atoms with E-state index in [0.717, 1.165) is 59.8 Å². The molecule has 7 nitrogen and oxygen atoms in total. The van der Waals surface area contributed by atoms with Crippen molar-refractivity contribution in [2.24, 2.45) is 0 Å². The maximum absolute atomic E-state index is 10.8. The second-order valence-electron chi connectivity index (χ2n) is 6.56. The first kappa shape index (κ1) is 16.6. The highest BCUT2D eigenvalue weighted by Crippen LogP contribution is 2.40.